The molecule has 0 radical (unpaired) electrons. The van der Waals surface area contributed by atoms with E-state index in [-0.39, 0.29) is 11.9 Å². The number of nitrogens with one attached hydrogen (secondary N) is 2. The minimum Gasteiger partial charge on any atom is -0.495 e. The van der Waals surface area contributed by atoms with Gasteiger partial charge in [0.25, 0.3) is 5.91 Å². The van der Waals surface area contributed by atoms with E-state index in [2.05, 4.69) is 20.5 Å². The maximum Gasteiger partial charge on any atom is 0.265 e. The molecular weight excluding hydrogens is 240 g/mol. The van der Waals surface area contributed by atoms with Gasteiger partial charge in [-0.05, 0) is 18.4 Å². The van der Waals surface area contributed by atoms with Crippen molar-refractivity contribution in [1.29, 1.82) is 0 Å². The fraction of sp³-hybridized carbons (Fsp3) is 0.300. The van der Waals surface area contributed by atoms with Crippen LogP contribution in [0.1, 0.15) is 28.5 Å². The van der Waals surface area contributed by atoms with Gasteiger partial charge in [0.1, 0.15) is 22.8 Å². The number of carbonyl (C=O) groups is 1. The Balaban J connectivity index is 2.07. The molecule has 1 amide bonds. The molecule has 2 N–H and O–H groups in total. The maximum absolute atomic E-state index is 11.9. The first-order valence-electron chi connectivity index (χ1n) is 5.00. The molecular formula is C10H12N4O2S. The molecule has 0 saturated carbocycles. The molecule has 0 aromatic carbocycles. The molecule has 7 heteroatoms. The first kappa shape index (κ1) is 11.6. The van der Waals surface area contributed by atoms with Gasteiger partial charge in [-0.3, -0.25) is 9.89 Å². The van der Waals surface area contributed by atoms with Crippen LogP contribution in [0.3, 0.4) is 0 Å². The van der Waals surface area contributed by atoms with Crippen molar-refractivity contribution in [1.82, 2.24) is 20.5 Å². The van der Waals surface area contributed by atoms with Gasteiger partial charge in [0.05, 0.1) is 13.2 Å². The Morgan fingerprint density at radius 3 is 3.12 bits per heavy atom. The van der Waals surface area contributed by atoms with E-state index < -0.39 is 0 Å². The predicted octanol–water partition coefficient (Wildman–Crippen LogP) is 1.37. The molecule has 6 nitrogen and oxygen atoms in total. The Kier molecular flexibility index (Phi) is 3.38. The van der Waals surface area contributed by atoms with Crippen LogP contribution in [-0.2, 0) is 0 Å². The third kappa shape index (κ3) is 2.44. The highest BCUT2D eigenvalue weighted by Crippen LogP contribution is 2.24. The van der Waals surface area contributed by atoms with Crippen LogP contribution in [0.2, 0.25) is 0 Å². The monoisotopic (exact) mass is 252 g/mol. The molecule has 2 aromatic rings. The van der Waals surface area contributed by atoms with E-state index in [1.54, 1.807) is 13.2 Å². The van der Waals surface area contributed by atoms with E-state index >= 15 is 0 Å². The van der Waals surface area contributed by atoms with Gasteiger partial charge in [-0.1, -0.05) is 0 Å². The lowest BCUT2D eigenvalue weighted by atomic mass is 10.3. The van der Waals surface area contributed by atoms with Crippen LogP contribution in [0, 0.1) is 0 Å². The number of carbonyl (C=O) groups excluding carboxylic acids is 1. The van der Waals surface area contributed by atoms with Crippen LogP contribution in [-0.4, -0.2) is 28.2 Å². The molecule has 0 fully saturated rings. The van der Waals surface area contributed by atoms with Crippen LogP contribution in [0.15, 0.2) is 17.8 Å². The van der Waals surface area contributed by atoms with Gasteiger partial charge in [-0.2, -0.15) is 5.10 Å². The molecule has 1 unspecified atom stereocenters. The molecule has 0 aliphatic carbocycles. The molecule has 0 aliphatic heterocycles. The van der Waals surface area contributed by atoms with Crippen molar-refractivity contribution in [2.24, 2.45) is 0 Å². The summed E-state index contributed by atoms with van der Waals surface area (Å²) in [6, 6.07) is 1.54. The Morgan fingerprint density at radius 1 is 1.65 bits per heavy atom. The number of H-pyrrole nitrogens is 1. The van der Waals surface area contributed by atoms with Crippen molar-refractivity contribution in [3.8, 4) is 5.75 Å². The summed E-state index contributed by atoms with van der Waals surface area (Å²) in [5.41, 5.74) is 0. The highest BCUT2D eigenvalue weighted by Gasteiger charge is 2.17. The Hall–Kier alpha value is -1.89. The lowest BCUT2D eigenvalue weighted by Gasteiger charge is -2.10. The highest BCUT2D eigenvalue weighted by atomic mass is 32.1. The van der Waals surface area contributed by atoms with Gasteiger partial charge >= 0.3 is 0 Å². The number of nitrogens with zero attached hydrogens (tertiary/aromatic N) is 2. The molecule has 17 heavy (non-hydrogen) atoms. The van der Waals surface area contributed by atoms with E-state index in [9.17, 15) is 4.79 Å². The number of thiophene rings is 1. The first-order chi connectivity index (χ1) is 8.22. The van der Waals surface area contributed by atoms with Gasteiger partial charge < -0.3 is 10.1 Å². The van der Waals surface area contributed by atoms with E-state index in [4.69, 9.17) is 4.74 Å². The van der Waals surface area contributed by atoms with E-state index in [0.717, 1.165) is 0 Å². The van der Waals surface area contributed by atoms with Gasteiger partial charge in [0, 0.05) is 0 Å². The third-order valence-corrected chi connectivity index (χ3v) is 3.14. The number of aromatic amines is 1. The summed E-state index contributed by atoms with van der Waals surface area (Å²) in [7, 11) is 1.54. The van der Waals surface area contributed by atoms with Crippen molar-refractivity contribution in [2.45, 2.75) is 13.0 Å². The lowest BCUT2D eigenvalue weighted by molar-refractivity contribution is 0.0940. The largest absolute Gasteiger partial charge is 0.495 e. The van der Waals surface area contributed by atoms with Crippen LogP contribution in [0.5, 0.6) is 5.75 Å². The summed E-state index contributed by atoms with van der Waals surface area (Å²) >= 11 is 1.34. The Bertz CT molecular complexity index is 494. The van der Waals surface area contributed by atoms with Gasteiger partial charge in [0.15, 0.2) is 0 Å². The van der Waals surface area contributed by atoms with Crippen molar-refractivity contribution < 1.29 is 9.53 Å². The molecule has 0 saturated heterocycles. The Labute approximate surface area is 102 Å². The van der Waals surface area contributed by atoms with Gasteiger partial charge in [0.2, 0.25) is 0 Å². The molecule has 90 valence electrons. The van der Waals surface area contributed by atoms with Crippen molar-refractivity contribution in [2.75, 3.05) is 7.11 Å². The van der Waals surface area contributed by atoms with Crippen LogP contribution in [0.25, 0.3) is 0 Å². The average molecular weight is 252 g/mol. The minimum absolute atomic E-state index is 0.180. The summed E-state index contributed by atoms with van der Waals surface area (Å²) in [4.78, 5) is 16.5. The number of hydrogen-bond acceptors (Lipinski definition) is 5. The highest BCUT2D eigenvalue weighted by molar-refractivity contribution is 7.12. The van der Waals surface area contributed by atoms with Crippen molar-refractivity contribution in [3.63, 3.8) is 0 Å². The average Bonchev–Trinajstić information content (AvgIpc) is 2.99. The molecule has 0 aliphatic rings. The van der Waals surface area contributed by atoms with Crippen LogP contribution in [0.4, 0.5) is 0 Å². The van der Waals surface area contributed by atoms with E-state index in [0.29, 0.717) is 16.5 Å². The fourth-order valence-electron chi connectivity index (χ4n) is 1.38. The number of amides is 1. The van der Waals surface area contributed by atoms with Gasteiger partial charge in [-0.25, -0.2) is 4.98 Å². The molecule has 0 bridgehead atoms. The minimum atomic E-state index is -0.225. The standard InChI is InChI=1S/C10H12N4O2S/c1-6(9-11-5-12-14-9)13-10(15)8-7(16-2)3-4-17-8/h3-6H,1-2H3,(H,13,15)(H,11,12,14). The summed E-state index contributed by atoms with van der Waals surface area (Å²) in [5.74, 6) is 1.02. The zero-order valence-corrected chi connectivity index (χ0v) is 10.2. The van der Waals surface area contributed by atoms with Crippen molar-refractivity contribution in [3.05, 3.63) is 28.5 Å². The molecule has 2 aromatic heterocycles. The van der Waals surface area contributed by atoms with E-state index in [1.807, 2.05) is 12.3 Å². The third-order valence-electron chi connectivity index (χ3n) is 2.25. The smallest absolute Gasteiger partial charge is 0.265 e. The second-order valence-electron chi connectivity index (χ2n) is 3.38. The second kappa shape index (κ2) is 4.96. The zero-order chi connectivity index (χ0) is 12.3. The fourth-order valence-corrected chi connectivity index (χ4v) is 2.14. The number of hydrogen-bond donors (Lipinski definition) is 2. The second-order valence-corrected chi connectivity index (χ2v) is 4.30. The van der Waals surface area contributed by atoms with Crippen LogP contribution >= 0.6 is 11.3 Å². The summed E-state index contributed by atoms with van der Waals surface area (Å²) in [6.07, 6.45) is 1.41. The first-order valence-corrected chi connectivity index (χ1v) is 5.88. The number of rotatable bonds is 4. The molecule has 1 atom stereocenters. The number of aromatic nitrogens is 3. The van der Waals surface area contributed by atoms with E-state index in [1.165, 1.54) is 17.7 Å². The SMILES string of the molecule is COc1ccsc1C(=O)NC(C)c1ncn[nH]1. The quantitative estimate of drug-likeness (QED) is 0.861. The molecule has 2 heterocycles. The predicted molar refractivity (Wildman–Crippen MR) is 63.1 cm³/mol. The molecule has 2 rings (SSSR count). The number of ether oxygens (including phenoxy) is 1. The zero-order valence-electron chi connectivity index (χ0n) is 9.43. The topological polar surface area (TPSA) is 79.9 Å². The van der Waals surface area contributed by atoms with Crippen molar-refractivity contribution >= 4 is 17.2 Å². The summed E-state index contributed by atoms with van der Waals surface area (Å²) in [6.45, 7) is 1.83. The van der Waals surface area contributed by atoms with Crippen LogP contribution < -0.4 is 10.1 Å². The summed E-state index contributed by atoms with van der Waals surface area (Å²) in [5, 5.41) is 11.1. The summed E-state index contributed by atoms with van der Waals surface area (Å²) < 4.78 is 5.09. The lowest BCUT2D eigenvalue weighted by Crippen LogP contribution is -2.27. The normalized spacial score (nSPS) is 12.1. The van der Waals surface area contributed by atoms with Gasteiger partial charge in [-0.15, -0.1) is 11.3 Å². The number of methoxy groups -OCH3 is 1. The Morgan fingerprint density at radius 2 is 2.47 bits per heavy atom. The molecule has 0 spiro atoms. The maximum atomic E-state index is 11.9.